The Morgan fingerprint density at radius 1 is 1.52 bits per heavy atom. The van der Waals surface area contributed by atoms with Crippen LogP contribution >= 0.6 is 23.4 Å². The number of carboxylic acid groups (broad SMARTS) is 1. The van der Waals surface area contributed by atoms with Crippen LogP contribution in [0, 0.1) is 10.1 Å². The van der Waals surface area contributed by atoms with E-state index in [1.165, 1.54) is 12.1 Å². The number of nitro groups is 1. The van der Waals surface area contributed by atoms with Crippen molar-refractivity contribution in [3.05, 3.63) is 38.9 Å². The second-order valence-electron chi connectivity index (χ2n) is 3.80. The number of tetrazole rings is 1. The van der Waals surface area contributed by atoms with Gasteiger partial charge in [-0.1, -0.05) is 29.4 Å². The van der Waals surface area contributed by atoms with E-state index in [1.807, 2.05) is 0 Å². The molecule has 1 aromatic heterocycles. The Labute approximate surface area is 127 Å². The Morgan fingerprint density at radius 3 is 2.95 bits per heavy atom. The molecule has 0 saturated heterocycles. The first-order valence-corrected chi connectivity index (χ1v) is 6.88. The maximum Gasteiger partial charge on any atom is 0.325 e. The second-order valence-corrected chi connectivity index (χ2v) is 5.15. The lowest BCUT2D eigenvalue weighted by molar-refractivity contribution is -0.385. The van der Waals surface area contributed by atoms with Gasteiger partial charge in [-0.15, -0.1) is 5.10 Å². The van der Waals surface area contributed by atoms with Crippen molar-refractivity contribution in [2.24, 2.45) is 0 Å². The van der Waals surface area contributed by atoms with Gasteiger partial charge in [0.25, 0.3) is 5.69 Å². The number of aromatic nitrogens is 4. The molecule has 0 amide bonds. The fraction of sp³-hybridized carbons (Fsp3) is 0.200. The van der Waals surface area contributed by atoms with Crippen molar-refractivity contribution in [2.45, 2.75) is 17.5 Å². The topological polar surface area (TPSA) is 124 Å². The highest BCUT2D eigenvalue weighted by Gasteiger charge is 2.18. The number of carbonyl (C=O) groups is 1. The summed E-state index contributed by atoms with van der Waals surface area (Å²) in [6.45, 7) is -0.389. The molecule has 11 heteroatoms. The van der Waals surface area contributed by atoms with Gasteiger partial charge in [0.2, 0.25) is 5.16 Å². The number of halogens is 1. The minimum atomic E-state index is -1.09. The molecule has 1 heterocycles. The Balaban J connectivity index is 2.19. The van der Waals surface area contributed by atoms with Gasteiger partial charge in [-0.05, 0) is 16.5 Å². The van der Waals surface area contributed by atoms with E-state index in [-0.39, 0.29) is 28.2 Å². The zero-order valence-electron chi connectivity index (χ0n) is 10.3. The summed E-state index contributed by atoms with van der Waals surface area (Å²) >= 11 is 7.04. The summed E-state index contributed by atoms with van der Waals surface area (Å²) in [5.41, 5.74) is 0.228. The van der Waals surface area contributed by atoms with Crippen LogP contribution in [0.1, 0.15) is 5.56 Å². The third-order valence-corrected chi connectivity index (χ3v) is 3.76. The molecule has 0 aliphatic heterocycles. The Bertz CT molecular complexity index is 692. The summed E-state index contributed by atoms with van der Waals surface area (Å²) in [7, 11) is 0. The summed E-state index contributed by atoms with van der Waals surface area (Å²) in [6, 6.07) is 4.38. The van der Waals surface area contributed by atoms with Gasteiger partial charge in [-0.25, -0.2) is 4.68 Å². The Morgan fingerprint density at radius 2 is 2.29 bits per heavy atom. The first-order chi connectivity index (χ1) is 9.99. The number of nitro benzene ring substituents is 1. The molecule has 0 radical (unpaired) electrons. The number of carboxylic acids is 1. The Hall–Kier alpha value is -2.20. The minimum Gasteiger partial charge on any atom is -0.480 e. The number of nitrogens with zero attached hydrogens (tertiary/aromatic N) is 5. The van der Waals surface area contributed by atoms with Gasteiger partial charge in [-0.2, -0.15) is 0 Å². The van der Waals surface area contributed by atoms with Crippen molar-refractivity contribution < 1.29 is 14.8 Å². The summed E-state index contributed by atoms with van der Waals surface area (Å²) in [4.78, 5) is 21.1. The van der Waals surface area contributed by atoms with Crippen molar-refractivity contribution in [3.63, 3.8) is 0 Å². The number of benzene rings is 1. The quantitative estimate of drug-likeness (QED) is 0.481. The normalized spacial score (nSPS) is 10.5. The van der Waals surface area contributed by atoms with Crippen molar-refractivity contribution >= 4 is 35.0 Å². The fourth-order valence-electron chi connectivity index (χ4n) is 1.53. The molecular weight excluding hydrogens is 322 g/mol. The van der Waals surface area contributed by atoms with Crippen LogP contribution < -0.4 is 0 Å². The van der Waals surface area contributed by atoms with Gasteiger partial charge >= 0.3 is 5.97 Å². The van der Waals surface area contributed by atoms with E-state index in [1.54, 1.807) is 6.07 Å². The molecule has 0 aliphatic rings. The van der Waals surface area contributed by atoms with E-state index in [0.717, 1.165) is 16.4 Å². The average Bonchev–Trinajstić information content (AvgIpc) is 2.83. The molecular formula is C10H8ClN5O4S. The van der Waals surface area contributed by atoms with E-state index in [2.05, 4.69) is 15.5 Å². The third-order valence-electron chi connectivity index (χ3n) is 2.42. The standard InChI is InChI=1S/C10H8ClN5O4S/c11-7-2-1-3-8(16(19)20)6(7)5-21-10-12-13-14-15(10)4-9(17)18/h1-3H,4-5H2,(H,17,18). The van der Waals surface area contributed by atoms with Gasteiger partial charge in [-0.3, -0.25) is 14.9 Å². The maximum absolute atomic E-state index is 11.0. The smallest absolute Gasteiger partial charge is 0.325 e. The number of hydrogen-bond acceptors (Lipinski definition) is 7. The summed E-state index contributed by atoms with van der Waals surface area (Å²) in [6.07, 6.45) is 0. The van der Waals surface area contributed by atoms with E-state index < -0.39 is 10.9 Å². The largest absolute Gasteiger partial charge is 0.480 e. The van der Waals surface area contributed by atoms with Gasteiger partial charge in [0.15, 0.2) is 0 Å². The molecule has 0 atom stereocenters. The van der Waals surface area contributed by atoms with Gasteiger partial charge in [0.1, 0.15) is 6.54 Å². The van der Waals surface area contributed by atoms with Crippen LogP contribution in [0.5, 0.6) is 0 Å². The second kappa shape index (κ2) is 6.50. The Kier molecular flexibility index (Phi) is 4.70. The zero-order chi connectivity index (χ0) is 15.4. The predicted molar refractivity (Wildman–Crippen MR) is 73.1 cm³/mol. The van der Waals surface area contributed by atoms with Crippen LogP contribution in [-0.4, -0.2) is 36.2 Å². The SMILES string of the molecule is O=C(O)Cn1nnnc1SCc1c(Cl)cccc1[N+](=O)[O-]. The van der Waals surface area contributed by atoms with Crippen LogP contribution in [0.2, 0.25) is 5.02 Å². The molecule has 0 fully saturated rings. The van der Waals surface area contributed by atoms with Gasteiger partial charge < -0.3 is 5.11 Å². The van der Waals surface area contributed by atoms with Crippen LogP contribution in [0.25, 0.3) is 0 Å². The lowest BCUT2D eigenvalue weighted by Crippen LogP contribution is -2.11. The first kappa shape index (κ1) is 15.2. The maximum atomic E-state index is 11.0. The molecule has 0 bridgehead atoms. The van der Waals surface area contributed by atoms with Crippen molar-refractivity contribution in [2.75, 3.05) is 0 Å². The molecule has 21 heavy (non-hydrogen) atoms. The highest BCUT2D eigenvalue weighted by Crippen LogP contribution is 2.31. The molecule has 0 saturated carbocycles. The monoisotopic (exact) mass is 329 g/mol. The number of hydrogen-bond donors (Lipinski definition) is 1. The number of rotatable bonds is 6. The number of aliphatic carboxylic acids is 1. The van der Waals surface area contributed by atoms with Crippen LogP contribution in [-0.2, 0) is 17.1 Å². The first-order valence-electron chi connectivity index (χ1n) is 5.51. The molecule has 0 spiro atoms. The highest BCUT2D eigenvalue weighted by molar-refractivity contribution is 7.98. The van der Waals surface area contributed by atoms with Crippen LogP contribution in [0.4, 0.5) is 5.69 Å². The van der Waals surface area contributed by atoms with Crippen molar-refractivity contribution in [1.29, 1.82) is 0 Å². The molecule has 0 unspecified atom stereocenters. The van der Waals surface area contributed by atoms with Crippen LogP contribution in [0.3, 0.4) is 0 Å². The highest BCUT2D eigenvalue weighted by atomic mass is 35.5. The summed E-state index contributed by atoms with van der Waals surface area (Å²) in [5.74, 6) is -0.941. The van der Waals surface area contributed by atoms with Crippen molar-refractivity contribution in [1.82, 2.24) is 20.2 Å². The molecule has 9 nitrogen and oxygen atoms in total. The molecule has 2 rings (SSSR count). The minimum absolute atomic E-state index is 0.104. The summed E-state index contributed by atoms with van der Waals surface area (Å²) in [5, 5.41) is 30.8. The lowest BCUT2D eigenvalue weighted by atomic mass is 10.2. The average molecular weight is 330 g/mol. The number of thioether (sulfide) groups is 1. The van der Waals surface area contributed by atoms with E-state index in [0.29, 0.717) is 5.56 Å². The fourth-order valence-corrected chi connectivity index (χ4v) is 2.76. The third kappa shape index (κ3) is 3.67. The zero-order valence-corrected chi connectivity index (χ0v) is 11.9. The van der Waals surface area contributed by atoms with E-state index >= 15 is 0 Å². The van der Waals surface area contributed by atoms with Crippen LogP contribution in [0.15, 0.2) is 23.4 Å². The molecule has 1 aromatic carbocycles. The molecule has 0 aliphatic carbocycles. The lowest BCUT2D eigenvalue weighted by Gasteiger charge is -2.05. The molecule has 1 N–H and O–H groups in total. The predicted octanol–water partition coefficient (Wildman–Crippen LogP) is 1.61. The van der Waals surface area contributed by atoms with E-state index in [9.17, 15) is 14.9 Å². The van der Waals surface area contributed by atoms with Crippen molar-refractivity contribution in [3.8, 4) is 0 Å². The molecule has 110 valence electrons. The molecule has 2 aromatic rings. The van der Waals surface area contributed by atoms with Gasteiger partial charge in [0.05, 0.1) is 15.5 Å². The van der Waals surface area contributed by atoms with Gasteiger partial charge in [0, 0.05) is 11.8 Å². The van der Waals surface area contributed by atoms with E-state index in [4.69, 9.17) is 16.7 Å². The summed E-state index contributed by atoms with van der Waals surface area (Å²) < 4.78 is 1.09.